The molecule has 96 valence electrons. The fraction of sp³-hybridized carbons (Fsp3) is 0.214. The van der Waals surface area contributed by atoms with Gasteiger partial charge in [0.25, 0.3) is 0 Å². The van der Waals surface area contributed by atoms with Crippen LogP contribution in [0.1, 0.15) is 23.9 Å². The average Bonchev–Trinajstić information content (AvgIpc) is 2.84. The van der Waals surface area contributed by atoms with E-state index in [4.69, 9.17) is 0 Å². The van der Waals surface area contributed by atoms with E-state index in [0.717, 1.165) is 22.8 Å². The molecule has 1 unspecified atom stereocenters. The molecule has 3 rings (SSSR count). The van der Waals surface area contributed by atoms with Crippen LogP contribution < -0.4 is 10.9 Å². The third kappa shape index (κ3) is 2.20. The highest BCUT2D eigenvalue weighted by Crippen LogP contribution is 2.23. The Morgan fingerprint density at radius 2 is 2.00 bits per heavy atom. The molecule has 0 aliphatic carbocycles. The Labute approximate surface area is 111 Å². The maximum absolute atomic E-state index is 4.67. The van der Waals surface area contributed by atoms with Gasteiger partial charge >= 0.3 is 0 Å². The van der Waals surface area contributed by atoms with E-state index in [1.165, 1.54) is 0 Å². The molecule has 1 atom stereocenters. The van der Waals surface area contributed by atoms with Crippen molar-refractivity contribution in [3.63, 3.8) is 0 Å². The minimum Gasteiger partial charge on any atom is -0.302 e. The molecule has 0 spiro atoms. The summed E-state index contributed by atoms with van der Waals surface area (Å²) in [6.07, 6.45) is 3.55. The van der Waals surface area contributed by atoms with Gasteiger partial charge in [-0.3, -0.25) is 9.97 Å². The van der Waals surface area contributed by atoms with Gasteiger partial charge in [0.2, 0.25) is 0 Å². The van der Waals surface area contributed by atoms with E-state index in [2.05, 4.69) is 25.8 Å². The van der Waals surface area contributed by atoms with E-state index in [-0.39, 0.29) is 0 Å². The molecule has 0 radical (unpaired) electrons. The summed E-state index contributed by atoms with van der Waals surface area (Å²) in [6, 6.07) is 9.75. The second-order valence-corrected chi connectivity index (χ2v) is 4.72. The standard InChI is InChI=1S/C14H15N5/c1-10-6-8-15-11(9-10)13-17-14(2,19-18-13)12-5-3-4-7-16-12/h3-9,19H,1-2H3,(H,17,18). The highest BCUT2D eigenvalue weighted by Gasteiger charge is 2.33. The number of amidine groups is 1. The summed E-state index contributed by atoms with van der Waals surface area (Å²) in [6.45, 7) is 4.01. The Morgan fingerprint density at radius 3 is 2.74 bits per heavy atom. The van der Waals surface area contributed by atoms with Crippen molar-refractivity contribution in [2.75, 3.05) is 0 Å². The van der Waals surface area contributed by atoms with Crippen LogP contribution in [0.15, 0.2) is 47.7 Å². The molecule has 2 aromatic rings. The number of rotatable bonds is 2. The molecule has 19 heavy (non-hydrogen) atoms. The maximum atomic E-state index is 4.67. The molecular formula is C14H15N5. The van der Waals surface area contributed by atoms with Crippen LogP contribution in [-0.2, 0) is 5.66 Å². The summed E-state index contributed by atoms with van der Waals surface area (Å²) < 4.78 is 0. The third-order valence-electron chi connectivity index (χ3n) is 3.08. The lowest BCUT2D eigenvalue weighted by atomic mass is 10.1. The Kier molecular flexibility index (Phi) is 2.76. The molecule has 0 aromatic carbocycles. The van der Waals surface area contributed by atoms with Crippen molar-refractivity contribution in [1.29, 1.82) is 0 Å². The van der Waals surface area contributed by atoms with Gasteiger partial charge in [-0.05, 0) is 43.7 Å². The lowest BCUT2D eigenvalue weighted by Gasteiger charge is -2.19. The van der Waals surface area contributed by atoms with Crippen LogP contribution in [0, 0.1) is 6.92 Å². The summed E-state index contributed by atoms with van der Waals surface area (Å²) in [5, 5.41) is 0. The number of aromatic nitrogens is 2. The van der Waals surface area contributed by atoms with Crippen molar-refractivity contribution in [2.45, 2.75) is 19.5 Å². The third-order valence-corrected chi connectivity index (χ3v) is 3.08. The van der Waals surface area contributed by atoms with Crippen molar-refractivity contribution >= 4 is 5.84 Å². The van der Waals surface area contributed by atoms with Gasteiger partial charge in [0.1, 0.15) is 5.69 Å². The number of hydrogen-bond donors (Lipinski definition) is 2. The first-order chi connectivity index (χ1) is 9.17. The number of hydrogen-bond acceptors (Lipinski definition) is 5. The Balaban J connectivity index is 1.97. The number of pyridine rings is 2. The van der Waals surface area contributed by atoms with Crippen LogP contribution in [0.3, 0.4) is 0 Å². The molecular weight excluding hydrogens is 238 g/mol. The largest absolute Gasteiger partial charge is 0.302 e. The molecule has 2 aromatic heterocycles. The van der Waals surface area contributed by atoms with Crippen molar-refractivity contribution < 1.29 is 0 Å². The first-order valence-corrected chi connectivity index (χ1v) is 6.15. The lowest BCUT2D eigenvalue weighted by molar-refractivity contribution is 0.387. The van der Waals surface area contributed by atoms with E-state index in [9.17, 15) is 0 Å². The van der Waals surface area contributed by atoms with Crippen molar-refractivity contribution in [2.24, 2.45) is 4.99 Å². The minimum absolute atomic E-state index is 0.567. The predicted octanol–water partition coefficient (Wildman–Crippen LogP) is 1.51. The maximum Gasteiger partial charge on any atom is 0.168 e. The van der Waals surface area contributed by atoms with Gasteiger partial charge in [0.15, 0.2) is 11.5 Å². The van der Waals surface area contributed by atoms with Crippen molar-refractivity contribution in [3.05, 3.63) is 59.7 Å². The first-order valence-electron chi connectivity index (χ1n) is 6.15. The van der Waals surface area contributed by atoms with E-state index < -0.39 is 5.66 Å². The van der Waals surface area contributed by atoms with E-state index in [0.29, 0.717) is 0 Å². The molecule has 1 aliphatic heterocycles. The smallest absolute Gasteiger partial charge is 0.168 e. The van der Waals surface area contributed by atoms with E-state index >= 15 is 0 Å². The quantitative estimate of drug-likeness (QED) is 0.851. The molecule has 2 N–H and O–H groups in total. The van der Waals surface area contributed by atoms with E-state index in [1.54, 1.807) is 12.4 Å². The monoisotopic (exact) mass is 253 g/mol. The van der Waals surface area contributed by atoms with Gasteiger partial charge in [-0.25, -0.2) is 10.4 Å². The van der Waals surface area contributed by atoms with Crippen LogP contribution in [0.2, 0.25) is 0 Å². The van der Waals surface area contributed by atoms with Gasteiger partial charge in [-0.2, -0.15) is 0 Å². The zero-order valence-electron chi connectivity index (χ0n) is 10.9. The summed E-state index contributed by atoms with van der Waals surface area (Å²) >= 11 is 0. The molecule has 3 heterocycles. The summed E-state index contributed by atoms with van der Waals surface area (Å²) in [7, 11) is 0. The molecule has 0 saturated carbocycles. The topological polar surface area (TPSA) is 62.2 Å². The van der Waals surface area contributed by atoms with Crippen molar-refractivity contribution in [3.8, 4) is 0 Å². The summed E-state index contributed by atoms with van der Waals surface area (Å²) in [5.74, 6) is 0.733. The molecule has 5 heteroatoms. The first kappa shape index (κ1) is 11.8. The molecule has 0 bridgehead atoms. The Hall–Kier alpha value is -2.27. The number of hydrazine groups is 1. The Morgan fingerprint density at radius 1 is 1.11 bits per heavy atom. The fourth-order valence-electron chi connectivity index (χ4n) is 2.02. The zero-order valence-corrected chi connectivity index (χ0v) is 10.9. The second kappa shape index (κ2) is 4.44. The van der Waals surface area contributed by atoms with Crippen LogP contribution in [0.4, 0.5) is 0 Å². The zero-order chi connectivity index (χ0) is 13.3. The molecule has 5 nitrogen and oxygen atoms in total. The summed E-state index contributed by atoms with van der Waals surface area (Å²) in [4.78, 5) is 13.3. The SMILES string of the molecule is Cc1ccnc(C2=NC(C)(c3ccccn3)NN2)c1. The minimum atomic E-state index is -0.567. The van der Waals surface area contributed by atoms with Gasteiger partial charge in [-0.15, -0.1) is 0 Å². The summed E-state index contributed by atoms with van der Waals surface area (Å²) in [5.41, 5.74) is 8.53. The molecule has 1 aliphatic rings. The lowest BCUT2D eigenvalue weighted by Crippen LogP contribution is -2.42. The van der Waals surface area contributed by atoms with Crippen molar-refractivity contribution in [1.82, 2.24) is 20.8 Å². The van der Waals surface area contributed by atoms with Crippen LogP contribution in [-0.4, -0.2) is 15.8 Å². The number of nitrogens with zero attached hydrogens (tertiary/aromatic N) is 3. The Bertz CT molecular complexity index is 623. The van der Waals surface area contributed by atoms with Gasteiger partial charge in [0, 0.05) is 12.4 Å². The highest BCUT2D eigenvalue weighted by atomic mass is 15.5. The predicted molar refractivity (Wildman–Crippen MR) is 73.4 cm³/mol. The van der Waals surface area contributed by atoms with Gasteiger partial charge in [0.05, 0.1) is 5.69 Å². The van der Waals surface area contributed by atoms with Gasteiger partial charge < -0.3 is 5.43 Å². The van der Waals surface area contributed by atoms with Crippen LogP contribution in [0.5, 0.6) is 0 Å². The average molecular weight is 253 g/mol. The number of aliphatic imine (C=N–C) groups is 1. The van der Waals surface area contributed by atoms with E-state index in [1.807, 2.05) is 44.2 Å². The normalized spacial score (nSPS) is 21.9. The number of aryl methyl sites for hydroxylation is 1. The van der Waals surface area contributed by atoms with Gasteiger partial charge in [-0.1, -0.05) is 6.07 Å². The second-order valence-electron chi connectivity index (χ2n) is 4.72. The molecule has 0 saturated heterocycles. The fourth-order valence-corrected chi connectivity index (χ4v) is 2.02. The molecule has 0 amide bonds. The van der Waals surface area contributed by atoms with Crippen LogP contribution >= 0.6 is 0 Å². The molecule has 0 fully saturated rings. The van der Waals surface area contributed by atoms with Crippen LogP contribution in [0.25, 0.3) is 0 Å². The number of nitrogens with one attached hydrogen (secondary N) is 2. The highest BCUT2D eigenvalue weighted by molar-refractivity contribution is 5.98.